The van der Waals surface area contributed by atoms with E-state index in [1.54, 1.807) is 0 Å². The first-order valence-electron chi connectivity index (χ1n) is 39.7. The van der Waals surface area contributed by atoms with Gasteiger partial charge in [-0.3, -0.25) is 0 Å². The van der Waals surface area contributed by atoms with E-state index in [1.165, 1.54) is 33.0 Å². The van der Waals surface area contributed by atoms with Crippen LogP contribution in [0.25, 0.3) is 177 Å². The molecule has 0 saturated heterocycles. The fourth-order valence-electron chi connectivity index (χ4n) is 17.0. The zero-order valence-corrected chi connectivity index (χ0v) is 65.7. The van der Waals surface area contributed by atoms with Crippen molar-refractivity contribution in [3.63, 3.8) is 0 Å². The second kappa shape index (κ2) is 29.6. The van der Waals surface area contributed by atoms with Crippen molar-refractivity contribution in [1.29, 1.82) is 0 Å². The van der Waals surface area contributed by atoms with Crippen molar-refractivity contribution in [2.75, 3.05) is 4.90 Å². The molecule has 0 fully saturated rings. The zero-order valence-electron chi connectivity index (χ0n) is 63.5. The molecular weight excluding hydrogens is 1540 g/mol. The van der Waals surface area contributed by atoms with Crippen LogP contribution in [0.2, 0.25) is 0 Å². The smallest absolute Gasteiger partial charge is 0.143 e. The van der Waals surface area contributed by atoms with E-state index in [2.05, 4.69) is 381 Å². The van der Waals surface area contributed by atoms with Gasteiger partial charge in [0.05, 0.1) is 13.2 Å². The number of ether oxygens (including phenoxy) is 1. The van der Waals surface area contributed by atoms with E-state index in [1.807, 2.05) is 36.4 Å². The number of benzene rings is 18. The van der Waals surface area contributed by atoms with Gasteiger partial charge in [0.25, 0.3) is 0 Å². The van der Waals surface area contributed by atoms with Gasteiger partial charge in [0.15, 0.2) is 0 Å². The maximum absolute atomic E-state index is 6.50. The molecule has 4 heterocycles. The van der Waals surface area contributed by atoms with Gasteiger partial charge in [0.1, 0.15) is 22.3 Å². The Morgan fingerprint density at radius 1 is 0.188 bits per heavy atom. The number of rotatable bonds is 18. The van der Waals surface area contributed by atoms with E-state index in [-0.39, 0.29) is 0 Å². The van der Waals surface area contributed by atoms with Crippen molar-refractivity contribution in [3.05, 3.63) is 434 Å². The first-order valence-corrected chi connectivity index (χ1v) is 42.9. The third-order valence-corrected chi connectivity index (χ3v) is 28.9. The van der Waals surface area contributed by atoms with Crippen LogP contribution in [0.1, 0.15) is 11.1 Å². The molecule has 554 valence electrons. The summed E-state index contributed by atoms with van der Waals surface area (Å²) in [5.74, 6) is 0. The molecule has 0 atom stereocenters. The summed E-state index contributed by atoms with van der Waals surface area (Å²) in [6.45, 7) is 1.03. The number of hydrogen-bond acceptors (Lipinski definition) is 6. The van der Waals surface area contributed by atoms with Crippen molar-refractivity contribution in [2.45, 2.75) is 13.2 Å². The van der Waals surface area contributed by atoms with Crippen LogP contribution in [-0.2, 0) is 18.0 Å². The molecule has 18 aromatic carbocycles. The second-order valence-corrected chi connectivity index (χ2v) is 35.3. The predicted octanol–water partition coefficient (Wildman–Crippen LogP) is 31.2. The summed E-state index contributed by atoms with van der Waals surface area (Å²) in [5, 5.41) is 9.01. The first-order chi connectivity index (χ1) is 57.9. The molecule has 0 bridgehead atoms. The number of fused-ring (bicyclic) bond motifs is 12. The monoisotopic (exact) mass is 1610 g/mol. The number of halogens is 1. The number of para-hydroxylation sites is 8. The van der Waals surface area contributed by atoms with Crippen molar-refractivity contribution in [3.8, 4) is 89.0 Å². The van der Waals surface area contributed by atoms with Crippen LogP contribution in [0.5, 0.6) is 0 Å². The molecule has 117 heavy (non-hydrogen) atoms. The zero-order chi connectivity index (χ0) is 77.3. The van der Waals surface area contributed by atoms with E-state index in [9.17, 15) is 0 Å². The van der Waals surface area contributed by atoms with Crippen molar-refractivity contribution < 1.29 is 22.4 Å². The Hall–Kier alpha value is -14.4. The van der Waals surface area contributed by atoms with Gasteiger partial charge >= 0.3 is 340 Å². The van der Waals surface area contributed by atoms with E-state index >= 15 is 0 Å². The number of anilines is 3. The molecular formula is C110H72INO5. The SMILES string of the molecule is c1ccc2c(c1)oc1c(-c3ccc(N(c4ccc(-c5ccc(-c6ccc(COCc7ccc(-c8ccc(-c9ccc(I(c%10ccc(-c%11cccc%12c%11oc%11ccccc%11%12)cc%10)c%10ccc(-c%11cccc%12c%11oc%11ccccc%11%12)cc%10)cc9)cc8)cc7)cc6)cc5)cc4)c4ccc(-c5cccc6c5oc5ccccc56)cc4)cc3)cccc12. The molecule has 0 saturated carbocycles. The van der Waals surface area contributed by atoms with Gasteiger partial charge in [-0.25, -0.2) is 0 Å². The third kappa shape index (κ3) is 12.9. The summed E-state index contributed by atoms with van der Waals surface area (Å²) in [7, 11) is 0. The van der Waals surface area contributed by atoms with E-state index < -0.39 is 19.8 Å². The normalized spacial score (nSPS) is 11.8. The third-order valence-electron chi connectivity index (χ3n) is 23.0. The van der Waals surface area contributed by atoms with Crippen LogP contribution in [0.3, 0.4) is 0 Å². The molecule has 7 heteroatoms. The van der Waals surface area contributed by atoms with Gasteiger partial charge in [0.2, 0.25) is 0 Å². The Kier molecular flexibility index (Phi) is 17.5. The molecule has 0 unspecified atom stereocenters. The van der Waals surface area contributed by atoms with Crippen LogP contribution in [0.15, 0.2) is 430 Å². The molecule has 0 aliphatic carbocycles. The van der Waals surface area contributed by atoms with Gasteiger partial charge in [-0.05, 0) is 87.5 Å². The topological polar surface area (TPSA) is 65.0 Å². The van der Waals surface area contributed by atoms with Crippen molar-refractivity contribution in [2.24, 2.45) is 0 Å². The molecule has 0 amide bonds. The predicted molar refractivity (Wildman–Crippen MR) is 492 cm³/mol. The molecule has 0 radical (unpaired) electrons. The molecule has 4 aromatic heterocycles. The van der Waals surface area contributed by atoms with Gasteiger partial charge in [-0.15, -0.1) is 0 Å². The van der Waals surface area contributed by atoms with Crippen LogP contribution in [0.4, 0.5) is 17.1 Å². The van der Waals surface area contributed by atoms with Gasteiger partial charge in [0, 0.05) is 49.7 Å². The van der Waals surface area contributed by atoms with Crippen LogP contribution < -0.4 is 4.90 Å². The molecule has 0 N–H and O–H groups in total. The van der Waals surface area contributed by atoms with Gasteiger partial charge < -0.3 is 18.5 Å². The minimum absolute atomic E-state index is 0.517. The van der Waals surface area contributed by atoms with Gasteiger partial charge in [-0.1, -0.05) is 158 Å². The molecule has 0 aliphatic rings. The Bertz CT molecular complexity index is 6690. The fraction of sp³-hybridized carbons (Fsp3) is 0.0182. The number of nitrogens with zero attached hydrogens (tertiary/aromatic N) is 1. The van der Waals surface area contributed by atoms with E-state index in [0.29, 0.717) is 13.2 Å². The summed E-state index contributed by atoms with van der Waals surface area (Å²) >= 11 is -2.24. The van der Waals surface area contributed by atoms with E-state index in [0.717, 1.165) is 183 Å². The Labute approximate surface area is 683 Å². The molecule has 0 aliphatic heterocycles. The Morgan fingerprint density at radius 3 is 0.658 bits per heavy atom. The van der Waals surface area contributed by atoms with Crippen molar-refractivity contribution in [1.82, 2.24) is 0 Å². The summed E-state index contributed by atoms with van der Waals surface area (Å²) in [4.78, 5) is 2.33. The fourth-order valence-corrected chi connectivity index (χ4v) is 22.4. The summed E-state index contributed by atoms with van der Waals surface area (Å²) in [5.41, 5.74) is 30.7. The number of hydrogen-bond donors (Lipinski definition) is 0. The molecule has 22 rings (SSSR count). The molecule has 0 spiro atoms. The maximum Gasteiger partial charge on any atom is 0.143 e. The van der Waals surface area contributed by atoms with Crippen LogP contribution >= 0.6 is 19.8 Å². The minimum Gasteiger partial charge on any atom is -0.455 e. The average molecular weight is 1610 g/mol. The Morgan fingerprint density at radius 2 is 0.393 bits per heavy atom. The van der Waals surface area contributed by atoms with Crippen LogP contribution in [-0.4, -0.2) is 0 Å². The summed E-state index contributed by atoms with van der Waals surface area (Å²) in [6.07, 6.45) is 0. The Balaban J connectivity index is 0.459. The first kappa shape index (κ1) is 69.4. The largest absolute Gasteiger partial charge is 0.455 e. The number of furan rings is 4. The summed E-state index contributed by atoms with van der Waals surface area (Å²) < 4.78 is 36.4. The minimum atomic E-state index is -2.24. The summed E-state index contributed by atoms with van der Waals surface area (Å²) in [6, 6.07) is 149. The molecule has 6 nitrogen and oxygen atoms in total. The van der Waals surface area contributed by atoms with Crippen LogP contribution in [0, 0.1) is 10.7 Å². The average Bonchev–Trinajstić information content (AvgIpc) is 1.75. The quantitative estimate of drug-likeness (QED) is 0.0798. The standard InChI is InChI=1S/C110H72INO5/c1-5-25-103-95(13-1)99-21-9-17-91(107(99)114-103)81-47-59-86(60-48-81)111(87-61-49-82(50-62-87)92-18-10-22-100-96-14-2-6-26-104(96)115-108(92)100)85-57-45-79(46-58-85)77-41-37-75(38-42-77)73-33-29-71(30-34-73)69-113-70-72-31-35-74(36-32-72)76-39-43-78(44-40-76)80-51-63-88(64-52-80)112(89-65-53-83(54-66-89)93-19-11-23-101-97-15-3-7-27-105(97)116-109(93)101)90-67-55-84(56-68-90)94-20-12-24-102-98-16-4-8-28-106(98)117-110(94)102/h1-68H,69-70H2. The van der Waals surface area contributed by atoms with E-state index in [4.69, 9.17) is 22.4 Å². The van der Waals surface area contributed by atoms with Crippen molar-refractivity contribution >= 4 is 125 Å². The second-order valence-electron chi connectivity index (χ2n) is 29.9. The van der Waals surface area contributed by atoms with Gasteiger partial charge in [-0.2, -0.15) is 0 Å². The maximum atomic E-state index is 6.50. The molecule has 22 aromatic rings.